The number of aromatic amines is 1. The molecule has 9 heteroatoms. The monoisotopic (exact) mass is 542 g/mol. The van der Waals surface area contributed by atoms with Crippen molar-refractivity contribution in [1.29, 1.82) is 0 Å². The molecule has 202 valence electrons. The maximum atomic E-state index is 13.6. The van der Waals surface area contributed by atoms with E-state index in [9.17, 15) is 22.8 Å². The zero-order valence-corrected chi connectivity index (χ0v) is 21.3. The molecular formula is C31H25F3N4O2. The van der Waals surface area contributed by atoms with Crippen molar-refractivity contribution in [3.63, 3.8) is 0 Å². The second-order valence-electron chi connectivity index (χ2n) is 9.94. The Labute approximate surface area is 227 Å². The van der Waals surface area contributed by atoms with Crippen molar-refractivity contribution >= 4 is 22.6 Å². The number of carbonyl (C=O) groups is 1. The number of amides is 1. The second kappa shape index (κ2) is 10.5. The topological polar surface area (TPSA) is 79.8 Å². The van der Waals surface area contributed by atoms with E-state index in [1.54, 1.807) is 16.7 Å². The van der Waals surface area contributed by atoms with Crippen molar-refractivity contribution in [2.75, 3.05) is 5.32 Å². The van der Waals surface area contributed by atoms with E-state index >= 15 is 0 Å². The van der Waals surface area contributed by atoms with E-state index in [0.717, 1.165) is 36.1 Å². The van der Waals surface area contributed by atoms with Crippen LogP contribution < -0.4 is 10.9 Å². The molecule has 3 heterocycles. The third-order valence-corrected chi connectivity index (χ3v) is 7.18. The minimum atomic E-state index is -2.74. The van der Waals surface area contributed by atoms with Gasteiger partial charge in [-0.3, -0.25) is 9.59 Å². The molecule has 0 bridgehead atoms. The van der Waals surface area contributed by atoms with Crippen LogP contribution in [0.25, 0.3) is 33.3 Å². The summed E-state index contributed by atoms with van der Waals surface area (Å²) in [7, 11) is 0. The molecule has 0 spiro atoms. The Morgan fingerprint density at radius 2 is 1.77 bits per heavy atom. The highest BCUT2D eigenvalue weighted by Gasteiger charge is 2.28. The van der Waals surface area contributed by atoms with Gasteiger partial charge in [0.2, 0.25) is 12.3 Å². The average Bonchev–Trinajstić information content (AvgIpc) is 3.72. The van der Waals surface area contributed by atoms with Crippen LogP contribution in [0.3, 0.4) is 0 Å². The van der Waals surface area contributed by atoms with Crippen LogP contribution in [0.1, 0.15) is 36.8 Å². The number of aromatic nitrogens is 3. The number of fused-ring (bicyclic) bond motifs is 1. The predicted octanol–water partition coefficient (Wildman–Crippen LogP) is 6.91. The van der Waals surface area contributed by atoms with Gasteiger partial charge in [0.25, 0.3) is 5.56 Å². The number of anilines is 1. The first-order valence-corrected chi connectivity index (χ1v) is 13.0. The van der Waals surface area contributed by atoms with Crippen LogP contribution in [0.5, 0.6) is 0 Å². The van der Waals surface area contributed by atoms with E-state index in [-0.39, 0.29) is 23.0 Å². The number of carbonyl (C=O) groups excluding carboxylic acids is 1. The molecule has 1 atom stereocenters. The number of hydrogen-bond donors (Lipinski definition) is 2. The molecule has 40 heavy (non-hydrogen) atoms. The van der Waals surface area contributed by atoms with Gasteiger partial charge in [0, 0.05) is 36.0 Å². The predicted molar refractivity (Wildman–Crippen MR) is 148 cm³/mol. The van der Waals surface area contributed by atoms with Crippen LogP contribution in [0, 0.1) is 5.82 Å². The quantitative estimate of drug-likeness (QED) is 0.224. The standard InChI is InChI=1S/C31H25F3N4O2/c32-21-8-6-18(7-9-21)23(17-25(33)34)30(39)37-26-16-20(12-14-35-26)29-27(19-4-2-1-3-5-19)28-24(36-29)13-15-38(31(28)40)22-10-11-22/h1-9,12-16,22-23,25,36H,10-11,17H2,(H,35,37,39). The molecular weight excluding hydrogens is 517 g/mol. The van der Waals surface area contributed by atoms with Crippen molar-refractivity contribution in [3.8, 4) is 22.4 Å². The highest BCUT2D eigenvalue weighted by atomic mass is 19.3. The van der Waals surface area contributed by atoms with Gasteiger partial charge in [-0.2, -0.15) is 0 Å². The van der Waals surface area contributed by atoms with Crippen molar-refractivity contribution in [3.05, 3.63) is 107 Å². The van der Waals surface area contributed by atoms with Gasteiger partial charge < -0.3 is 14.9 Å². The van der Waals surface area contributed by atoms with Gasteiger partial charge in [-0.15, -0.1) is 0 Å². The Balaban J connectivity index is 1.40. The smallest absolute Gasteiger partial charge is 0.260 e. The van der Waals surface area contributed by atoms with Gasteiger partial charge in [-0.05, 0) is 54.3 Å². The van der Waals surface area contributed by atoms with Crippen LogP contribution in [0.4, 0.5) is 19.0 Å². The summed E-state index contributed by atoms with van der Waals surface area (Å²) in [5, 5.41) is 3.23. The maximum Gasteiger partial charge on any atom is 0.260 e. The molecule has 2 N–H and O–H groups in total. The van der Waals surface area contributed by atoms with E-state index in [1.165, 1.54) is 18.3 Å². The van der Waals surface area contributed by atoms with Crippen LogP contribution in [-0.2, 0) is 4.79 Å². The minimum Gasteiger partial charge on any atom is -0.354 e. The molecule has 1 aliphatic carbocycles. The lowest BCUT2D eigenvalue weighted by Crippen LogP contribution is -2.23. The summed E-state index contributed by atoms with van der Waals surface area (Å²) in [5.41, 5.74) is 3.82. The summed E-state index contributed by atoms with van der Waals surface area (Å²) < 4.78 is 41.9. The number of rotatable bonds is 8. The zero-order chi connectivity index (χ0) is 27.8. The number of hydrogen-bond acceptors (Lipinski definition) is 3. The number of alkyl halides is 2. The van der Waals surface area contributed by atoms with Gasteiger partial charge in [0.05, 0.1) is 22.5 Å². The largest absolute Gasteiger partial charge is 0.354 e. The number of pyridine rings is 2. The van der Waals surface area contributed by atoms with Crippen molar-refractivity contribution in [2.45, 2.75) is 37.6 Å². The molecule has 2 aromatic carbocycles. The first-order chi connectivity index (χ1) is 19.4. The molecule has 0 radical (unpaired) electrons. The lowest BCUT2D eigenvalue weighted by molar-refractivity contribution is -0.118. The van der Waals surface area contributed by atoms with Crippen molar-refractivity contribution in [1.82, 2.24) is 14.5 Å². The Morgan fingerprint density at radius 1 is 1.02 bits per heavy atom. The van der Waals surface area contributed by atoms with Crippen LogP contribution in [0.2, 0.25) is 0 Å². The van der Waals surface area contributed by atoms with E-state index in [1.807, 2.05) is 42.6 Å². The fourth-order valence-corrected chi connectivity index (χ4v) is 5.10. The van der Waals surface area contributed by atoms with Crippen LogP contribution in [0.15, 0.2) is 90.0 Å². The maximum absolute atomic E-state index is 13.6. The molecule has 1 unspecified atom stereocenters. The summed E-state index contributed by atoms with van der Waals surface area (Å²) in [6, 6.07) is 20.0. The first kappa shape index (κ1) is 25.6. The van der Waals surface area contributed by atoms with Gasteiger partial charge in [-0.1, -0.05) is 42.5 Å². The van der Waals surface area contributed by atoms with E-state index < -0.39 is 30.5 Å². The summed E-state index contributed by atoms with van der Waals surface area (Å²) in [6.45, 7) is 0. The van der Waals surface area contributed by atoms with Gasteiger partial charge in [0.1, 0.15) is 11.6 Å². The molecule has 5 aromatic rings. The average molecular weight is 543 g/mol. The SMILES string of the molecule is O=C(Nc1cc(-c2[nH]c3ccn(C4CC4)c(=O)c3c2-c2ccccc2)ccn1)C(CC(F)F)c1ccc(F)cc1. The Kier molecular flexibility index (Phi) is 6.71. The van der Waals surface area contributed by atoms with Gasteiger partial charge in [-0.25, -0.2) is 18.2 Å². The molecule has 3 aromatic heterocycles. The second-order valence-corrected chi connectivity index (χ2v) is 9.94. The molecule has 6 nitrogen and oxygen atoms in total. The Morgan fingerprint density at radius 3 is 2.48 bits per heavy atom. The van der Waals surface area contributed by atoms with Gasteiger partial charge in [0.15, 0.2) is 0 Å². The summed E-state index contributed by atoms with van der Waals surface area (Å²) in [5.74, 6) is -2.23. The third-order valence-electron chi connectivity index (χ3n) is 7.18. The van der Waals surface area contributed by atoms with Crippen LogP contribution in [-0.4, -0.2) is 26.9 Å². The highest BCUT2D eigenvalue weighted by molar-refractivity contribution is 6.04. The minimum absolute atomic E-state index is 0.0712. The normalized spacial score (nSPS) is 14.0. The summed E-state index contributed by atoms with van der Waals surface area (Å²) in [4.78, 5) is 34.3. The Hall–Kier alpha value is -4.66. The highest BCUT2D eigenvalue weighted by Crippen LogP contribution is 2.39. The van der Waals surface area contributed by atoms with Gasteiger partial charge >= 0.3 is 0 Å². The van der Waals surface area contributed by atoms with E-state index in [0.29, 0.717) is 22.2 Å². The number of nitrogens with one attached hydrogen (secondary N) is 2. The number of nitrogens with zero attached hydrogens (tertiary/aromatic N) is 2. The first-order valence-electron chi connectivity index (χ1n) is 13.0. The fourth-order valence-electron chi connectivity index (χ4n) is 5.10. The van der Waals surface area contributed by atoms with E-state index in [2.05, 4.69) is 15.3 Å². The van der Waals surface area contributed by atoms with E-state index in [4.69, 9.17) is 0 Å². The third kappa shape index (κ3) is 5.02. The van der Waals surface area contributed by atoms with Crippen molar-refractivity contribution < 1.29 is 18.0 Å². The number of H-pyrrole nitrogens is 1. The van der Waals surface area contributed by atoms with Crippen LogP contribution >= 0.6 is 0 Å². The molecule has 6 rings (SSSR count). The fraction of sp³-hybridized carbons (Fsp3) is 0.194. The summed E-state index contributed by atoms with van der Waals surface area (Å²) in [6.07, 6.45) is 1.81. The lowest BCUT2D eigenvalue weighted by atomic mass is 9.95. The molecule has 1 amide bonds. The zero-order valence-electron chi connectivity index (χ0n) is 21.3. The molecule has 1 saturated carbocycles. The molecule has 0 saturated heterocycles. The Bertz CT molecular complexity index is 1740. The van der Waals surface area contributed by atoms with Crippen molar-refractivity contribution in [2.24, 2.45) is 0 Å². The summed E-state index contributed by atoms with van der Waals surface area (Å²) >= 11 is 0. The lowest BCUT2D eigenvalue weighted by Gasteiger charge is -2.17. The molecule has 1 aliphatic rings. The molecule has 0 aliphatic heterocycles. The number of benzene rings is 2. The molecule has 1 fully saturated rings. The number of halogens is 3.